The topological polar surface area (TPSA) is 93.5 Å². The molecule has 152 valence electrons. The van der Waals surface area contributed by atoms with Crippen LogP contribution < -0.4 is 0 Å². The monoisotopic (exact) mass is 458 g/mol. The number of rotatable bonds is 9. The molecular formula is C21H23BrN4O3. The van der Waals surface area contributed by atoms with Crippen LogP contribution in [0, 0.1) is 10.1 Å². The Morgan fingerprint density at radius 2 is 2.00 bits per heavy atom. The van der Waals surface area contributed by atoms with Crippen LogP contribution in [0.5, 0.6) is 5.75 Å². The lowest BCUT2D eigenvalue weighted by Gasteiger charge is -2.07. The number of non-ortho nitro benzene ring substituents is 1. The molecular weight excluding hydrogens is 436 g/mol. The lowest BCUT2D eigenvalue weighted by Crippen LogP contribution is -1.98. The van der Waals surface area contributed by atoms with Gasteiger partial charge in [-0.15, -0.1) is 0 Å². The first kappa shape index (κ1) is 21.0. The molecule has 0 fully saturated rings. The summed E-state index contributed by atoms with van der Waals surface area (Å²) in [7, 11) is 0. The van der Waals surface area contributed by atoms with Crippen LogP contribution >= 0.6 is 15.9 Å². The Kier molecular flexibility index (Phi) is 6.98. The van der Waals surface area contributed by atoms with E-state index in [1.165, 1.54) is 37.6 Å². The quantitative estimate of drug-likeness (QED) is 0.180. The first-order valence-corrected chi connectivity index (χ1v) is 10.5. The van der Waals surface area contributed by atoms with Gasteiger partial charge < -0.3 is 9.67 Å². The minimum absolute atomic E-state index is 0.0958. The summed E-state index contributed by atoms with van der Waals surface area (Å²) in [4.78, 5) is 19.6. The number of nitro groups is 1. The van der Waals surface area contributed by atoms with Gasteiger partial charge in [-0.3, -0.25) is 10.1 Å². The average molecular weight is 459 g/mol. The number of phenolic OH excluding ortho intramolecular Hbond substituents is 1. The number of nitrogens with zero attached hydrogens (tertiary/aromatic N) is 4. The molecule has 0 unspecified atom stereocenters. The molecule has 0 amide bonds. The average Bonchev–Trinajstić information content (AvgIpc) is 3.06. The Labute approximate surface area is 177 Å². The van der Waals surface area contributed by atoms with Gasteiger partial charge in [0.05, 0.1) is 20.4 Å². The molecule has 0 aliphatic heterocycles. The Hall–Kier alpha value is -2.74. The zero-order chi connectivity index (χ0) is 20.8. The number of hydrogen-bond donors (Lipinski definition) is 1. The number of halogens is 1. The summed E-state index contributed by atoms with van der Waals surface area (Å²) in [5.74, 6) is 0.422. The van der Waals surface area contributed by atoms with E-state index in [9.17, 15) is 15.2 Å². The number of aromatic hydroxyl groups is 1. The molecule has 0 saturated heterocycles. The normalized spacial score (nSPS) is 11.5. The maximum Gasteiger partial charge on any atom is 0.271 e. The maximum atomic E-state index is 11.1. The van der Waals surface area contributed by atoms with Gasteiger partial charge in [0.1, 0.15) is 5.75 Å². The third-order valence-electron chi connectivity index (χ3n) is 4.73. The summed E-state index contributed by atoms with van der Waals surface area (Å²) in [5, 5.41) is 21.3. The highest BCUT2D eigenvalue weighted by molar-refractivity contribution is 9.10. The second kappa shape index (κ2) is 9.65. The molecule has 3 aromatic rings. The summed E-state index contributed by atoms with van der Waals surface area (Å²) in [6.45, 7) is 2.99. The van der Waals surface area contributed by atoms with Crippen molar-refractivity contribution in [3.05, 3.63) is 56.5 Å². The van der Waals surface area contributed by atoms with Crippen molar-refractivity contribution in [2.75, 3.05) is 0 Å². The number of aryl methyl sites for hydroxylation is 1. The lowest BCUT2D eigenvalue weighted by molar-refractivity contribution is -0.385. The van der Waals surface area contributed by atoms with E-state index in [0.29, 0.717) is 5.95 Å². The van der Waals surface area contributed by atoms with E-state index >= 15 is 0 Å². The second-order valence-corrected chi connectivity index (χ2v) is 7.70. The molecule has 0 aliphatic carbocycles. The van der Waals surface area contributed by atoms with E-state index in [1.54, 1.807) is 0 Å². The van der Waals surface area contributed by atoms with Gasteiger partial charge in [0, 0.05) is 30.5 Å². The van der Waals surface area contributed by atoms with Gasteiger partial charge >= 0.3 is 0 Å². The van der Waals surface area contributed by atoms with E-state index in [2.05, 4.69) is 37.4 Å². The molecule has 8 heteroatoms. The number of benzene rings is 2. The van der Waals surface area contributed by atoms with Gasteiger partial charge in [-0.2, -0.15) is 0 Å². The van der Waals surface area contributed by atoms with E-state index in [0.717, 1.165) is 30.4 Å². The van der Waals surface area contributed by atoms with Gasteiger partial charge in [-0.1, -0.05) is 44.7 Å². The van der Waals surface area contributed by atoms with Gasteiger partial charge in [0.25, 0.3) is 5.69 Å². The highest BCUT2D eigenvalue weighted by atomic mass is 79.9. The standard InChI is InChI=1S/C21H23BrN4O3/c1-2-3-4-5-8-11-25-19-10-7-6-9-18(19)24-21(25)23-14-15-12-16(26(28)29)13-17(22)20(15)27/h6-7,9-10,12-14,27H,2-5,8,11H2,1H3/b23-14+. The number of para-hydroxylation sites is 2. The molecule has 0 atom stereocenters. The van der Waals surface area contributed by atoms with E-state index in [1.807, 2.05) is 24.3 Å². The molecule has 1 aromatic heterocycles. The van der Waals surface area contributed by atoms with Crippen LogP contribution in [0.25, 0.3) is 11.0 Å². The van der Waals surface area contributed by atoms with Gasteiger partial charge in [0.2, 0.25) is 5.95 Å². The first-order valence-electron chi connectivity index (χ1n) is 9.67. The Morgan fingerprint density at radius 1 is 1.24 bits per heavy atom. The second-order valence-electron chi connectivity index (χ2n) is 6.85. The van der Waals surface area contributed by atoms with Crippen LogP contribution in [0.1, 0.15) is 44.6 Å². The SMILES string of the molecule is CCCCCCCn1c(/N=C/c2cc([N+](=O)[O-])cc(Br)c2O)nc2ccccc21. The summed E-state index contributed by atoms with van der Waals surface area (Å²) < 4.78 is 2.30. The van der Waals surface area contributed by atoms with E-state index < -0.39 is 4.92 Å². The van der Waals surface area contributed by atoms with Crippen molar-refractivity contribution in [3.63, 3.8) is 0 Å². The molecule has 0 radical (unpaired) electrons. The molecule has 0 aliphatic rings. The fourth-order valence-electron chi connectivity index (χ4n) is 3.19. The Morgan fingerprint density at radius 3 is 2.76 bits per heavy atom. The van der Waals surface area contributed by atoms with E-state index in [4.69, 9.17) is 0 Å². The number of aromatic nitrogens is 2. The summed E-state index contributed by atoms with van der Waals surface area (Å²) in [5.41, 5.74) is 1.98. The molecule has 1 N–H and O–H groups in total. The number of aliphatic imine (C=N–C) groups is 1. The van der Waals surface area contributed by atoms with Crippen LogP contribution in [0.3, 0.4) is 0 Å². The fourth-order valence-corrected chi connectivity index (χ4v) is 3.66. The van der Waals surface area contributed by atoms with Crippen LogP contribution in [0.15, 0.2) is 45.9 Å². The summed E-state index contributed by atoms with van der Waals surface area (Å²) in [6.07, 6.45) is 7.22. The van der Waals surface area contributed by atoms with Crippen molar-refractivity contribution in [1.82, 2.24) is 9.55 Å². The molecule has 0 spiro atoms. The number of phenols is 1. The number of fused-ring (bicyclic) bond motifs is 1. The molecule has 0 bridgehead atoms. The molecule has 0 saturated carbocycles. The smallest absolute Gasteiger partial charge is 0.271 e. The van der Waals surface area contributed by atoms with Crippen LogP contribution in [0.2, 0.25) is 0 Å². The zero-order valence-corrected chi connectivity index (χ0v) is 17.8. The first-order chi connectivity index (χ1) is 14.0. The summed E-state index contributed by atoms with van der Waals surface area (Å²) >= 11 is 3.15. The van der Waals surface area contributed by atoms with Gasteiger partial charge in [-0.25, -0.2) is 9.98 Å². The highest BCUT2D eigenvalue weighted by Gasteiger charge is 2.14. The van der Waals surface area contributed by atoms with Gasteiger partial charge in [0.15, 0.2) is 0 Å². The number of imidazole rings is 1. The van der Waals surface area contributed by atoms with Crippen LogP contribution in [-0.2, 0) is 6.54 Å². The molecule has 7 nitrogen and oxygen atoms in total. The maximum absolute atomic E-state index is 11.1. The largest absolute Gasteiger partial charge is 0.506 e. The van der Waals surface area contributed by atoms with Crippen LogP contribution in [0.4, 0.5) is 11.6 Å². The molecule has 29 heavy (non-hydrogen) atoms. The third-order valence-corrected chi connectivity index (χ3v) is 5.33. The van der Waals surface area contributed by atoms with Crippen molar-refractivity contribution in [2.24, 2.45) is 4.99 Å². The number of nitro benzene ring substituents is 1. The fraction of sp³-hybridized carbons (Fsp3) is 0.333. The zero-order valence-electron chi connectivity index (χ0n) is 16.2. The lowest BCUT2D eigenvalue weighted by atomic mass is 10.1. The van der Waals surface area contributed by atoms with Gasteiger partial charge in [-0.05, 0) is 34.5 Å². The molecule has 1 heterocycles. The highest BCUT2D eigenvalue weighted by Crippen LogP contribution is 2.32. The predicted octanol–water partition coefficient (Wildman–Crippen LogP) is 6.13. The number of unbranched alkanes of at least 4 members (excludes halogenated alkanes) is 4. The molecule has 3 rings (SSSR count). The Bertz CT molecular complexity index is 1050. The van der Waals surface area contributed by atoms with Crippen molar-refractivity contribution in [1.29, 1.82) is 0 Å². The van der Waals surface area contributed by atoms with Crippen LogP contribution in [-0.4, -0.2) is 25.8 Å². The van der Waals surface area contributed by atoms with Crippen molar-refractivity contribution in [3.8, 4) is 5.75 Å². The summed E-state index contributed by atoms with van der Waals surface area (Å²) in [6, 6.07) is 10.4. The van der Waals surface area contributed by atoms with E-state index in [-0.39, 0.29) is 21.5 Å². The molecule has 2 aromatic carbocycles. The predicted molar refractivity (Wildman–Crippen MR) is 118 cm³/mol. The number of hydrogen-bond acceptors (Lipinski definition) is 5. The third kappa shape index (κ3) is 5.00. The minimum atomic E-state index is -0.507. The van der Waals surface area contributed by atoms with Crippen molar-refractivity contribution >= 4 is 44.8 Å². The Balaban J connectivity index is 1.91. The van der Waals surface area contributed by atoms with Crippen molar-refractivity contribution < 1.29 is 10.0 Å². The minimum Gasteiger partial charge on any atom is -0.506 e. The van der Waals surface area contributed by atoms with Crippen molar-refractivity contribution in [2.45, 2.75) is 45.6 Å².